The second-order valence-corrected chi connectivity index (χ2v) is 5.82. The molecule has 1 saturated heterocycles. The van der Waals surface area contributed by atoms with Gasteiger partial charge in [0.25, 0.3) is 0 Å². The van der Waals surface area contributed by atoms with Crippen molar-refractivity contribution in [3.05, 3.63) is 0 Å². The molecule has 0 aromatic heterocycles. The highest BCUT2D eigenvalue weighted by Crippen LogP contribution is 2.12. The maximum atomic E-state index is 12.0. The largest absolute Gasteiger partial charge is 0.353 e. The molecule has 2 unspecified atom stereocenters. The molecular weight excluding hydrogens is 238 g/mol. The predicted octanol–water partition coefficient (Wildman–Crippen LogP) is 1.61. The third kappa shape index (κ3) is 6.92. The van der Waals surface area contributed by atoms with Crippen LogP contribution >= 0.6 is 0 Å². The summed E-state index contributed by atoms with van der Waals surface area (Å²) >= 11 is 0. The zero-order chi connectivity index (χ0) is 14.1. The molecule has 0 aromatic rings. The number of rotatable bonds is 8. The van der Waals surface area contributed by atoms with Crippen molar-refractivity contribution < 1.29 is 4.79 Å². The molecule has 0 aromatic carbocycles. The van der Waals surface area contributed by atoms with E-state index in [1.54, 1.807) is 0 Å². The molecule has 0 spiro atoms. The van der Waals surface area contributed by atoms with Gasteiger partial charge in [0.2, 0.25) is 5.91 Å². The number of hydrogen-bond donors (Lipinski definition) is 2. The van der Waals surface area contributed by atoms with Crippen LogP contribution in [-0.2, 0) is 4.79 Å². The van der Waals surface area contributed by atoms with E-state index in [9.17, 15) is 4.79 Å². The lowest BCUT2D eigenvalue weighted by atomic mass is 9.99. The summed E-state index contributed by atoms with van der Waals surface area (Å²) in [5.41, 5.74) is 0. The van der Waals surface area contributed by atoms with Gasteiger partial charge in [-0.05, 0) is 58.2 Å². The topological polar surface area (TPSA) is 44.4 Å². The van der Waals surface area contributed by atoms with Crippen LogP contribution in [0.2, 0.25) is 0 Å². The fourth-order valence-electron chi connectivity index (χ4n) is 2.62. The van der Waals surface area contributed by atoms with Crippen LogP contribution < -0.4 is 10.6 Å². The number of carbonyl (C=O) groups is 1. The summed E-state index contributed by atoms with van der Waals surface area (Å²) in [6, 6.07) is 0.285. The minimum absolute atomic E-state index is 0.173. The van der Waals surface area contributed by atoms with Crippen molar-refractivity contribution in [1.29, 1.82) is 0 Å². The minimum Gasteiger partial charge on any atom is -0.353 e. The van der Waals surface area contributed by atoms with Crippen LogP contribution in [0.5, 0.6) is 0 Å². The van der Waals surface area contributed by atoms with Crippen molar-refractivity contribution in [3.63, 3.8) is 0 Å². The van der Waals surface area contributed by atoms with Crippen LogP contribution in [-0.4, -0.2) is 49.6 Å². The lowest BCUT2D eigenvalue weighted by Crippen LogP contribution is -2.44. The Morgan fingerprint density at radius 3 is 2.84 bits per heavy atom. The molecule has 1 rings (SSSR count). The van der Waals surface area contributed by atoms with Gasteiger partial charge in [0.15, 0.2) is 0 Å². The summed E-state index contributed by atoms with van der Waals surface area (Å²) in [6.07, 6.45) is 4.66. The van der Waals surface area contributed by atoms with Crippen LogP contribution in [0.1, 0.15) is 46.5 Å². The second-order valence-electron chi connectivity index (χ2n) is 5.82. The number of piperidine rings is 1. The molecule has 2 N–H and O–H groups in total. The molecule has 2 atom stereocenters. The number of nitrogens with zero attached hydrogens (tertiary/aromatic N) is 1. The molecule has 0 bridgehead atoms. The molecule has 0 saturated carbocycles. The van der Waals surface area contributed by atoms with Gasteiger partial charge >= 0.3 is 0 Å². The Morgan fingerprint density at radius 2 is 2.26 bits per heavy atom. The normalized spacial score (nSPS) is 21.4. The number of amides is 1. The summed E-state index contributed by atoms with van der Waals surface area (Å²) in [4.78, 5) is 14.3. The third-order valence-electron chi connectivity index (χ3n) is 3.84. The van der Waals surface area contributed by atoms with E-state index in [-0.39, 0.29) is 11.9 Å². The Morgan fingerprint density at radius 1 is 1.47 bits per heavy atom. The summed E-state index contributed by atoms with van der Waals surface area (Å²) in [5, 5.41) is 6.51. The molecule has 1 aliphatic rings. The molecule has 1 amide bonds. The summed E-state index contributed by atoms with van der Waals surface area (Å²) < 4.78 is 0. The fraction of sp³-hybridized carbons (Fsp3) is 0.933. The highest BCUT2D eigenvalue weighted by atomic mass is 16.2. The van der Waals surface area contributed by atoms with Gasteiger partial charge in [-0.2, -0.15) is 0 Å². The zero-order valence-electron chi connectivity index (χ0n) is 12.9. The maximum Gasteiger partial charge on any atom is 0.234 e. The van der Waals surface area contributed by atoms with Gasteiger partial charge in [0.1, 0.15) is 0 Å². The first-order chi connectivity index (χ1) is 9.15. The predicted molar refractivity (Wildman–Crippen MR) is 80.2 cm³/mol. The highest BCUT2D eigenvalue weighted by molar-refractivity contribution is 5.78. The van der Waals surface area contributed by atoms with Gasteiger partial charge in [-0.1, -0.05) is 13.8 Å². The first-order valence-electron chi connectivity index (χ1n) is 7.88. The first-order valence-corrected chi connectivity index (χ1v) is 7.88. The van der Waals surface area contributed by atoms with E-state index >= 15 is 0 Å². The van der Waals surface area contributed by atoms with Crippen LogP contribution in [0, 0.1) is 5.92 Å². The average molecular weight is 269 g/mol. The van der Waals surface area contributed by atoms with E-state index in [0.717, 1.165) is 39.0 Å². The molecule has 1 aliphatic heterocycles. The lowest BCUT2D eigenvalue weighted by molar-refractivity contribution is -0.123. The second kappa shape index (κ2) is 9.32. The SMILES string of the molecule is CCCN(CC(=O)NC(C)CC)CC1CCCNC1. The van der Waals surface area contributed by atoms with E-state index in [2.05, 4.69) is 36.3 Å². The van der Waals surface area contributed by atoms with Crippen molar-refractivity contribution in [2.75, 3.05) is 32.7 Å². The molecule has 19 heavy (non-hydrogen) atoms. The molecule has 0 radical (unpaired) electrons. The van der Waals surface area contributed by atoms with Gasteiger partial charge in [-0.3, -0.25) is 9.69 Å². The van der Waals surface area contributed by atoms with E-state index in [1.807, 2.05) is 0 Å². The van der Waals surface area contributed by atoms with Gasteiger partial charge < -0.3 is 10.6 Å². The molecule has 1 heterocycles. The monoisotopic (exact) mass is 269 g/mol. The summed E-state index contributed by atoms with van der Waals surface area (Å²) in [7, 11) is 0. The standard InChI is InChI=1S/C15H31N3O/c1-4-9-18(11-14-7-6-8-16-10-14)12-15(19)17-13(3)5-2/h13-14,16H,4-12H2,1-3H3,(H,17,19). The molecule has 4 heteroatoms. The summed E-state index contributed by atoms with van der Waals surface area (Å²) in [6.45, 7) is 11.2. The van der Waals surface area contributed by atoms with Gasteiger partial charge in [0, 0.05) is 12.6 Å². The van der Waals surface area contributed by atoms with Crippen molar-refractivity contribution in [2.45, 2.75) is 52.5 Å². The number of carbonyl (C=O) groups excluding carboxylic acids is 1. The smallest absolute Gasteiger partial charge is 0.234 e. The zero-order valence-corrected chi connectivity index (χ0v) is 12.9. The van der Waals surface area contributed by atoms with Gasteiger partial charge in [-0.25, -0.2) is 0 Å². The van der Waals surface area contributed by atoms with E-state index in [1.165, 1.54) is 12.8 Å². The van der Waals surface area contributed by atoms with Gasteiger partial charge in [0.05, 0.1) is 6.54 Å². The number of hydrogen-bond acceptors (Lipinski definition) is 3. The van der Waals surface area contributed by atoms with E-state index in [0.29, 0.717) is 12.5 Å². The lowest BCUT2D eigenvalue weighted by Gasteiger charge is -2.29. The fourth-order valence-corrected chi connectivity index (χ4v) is 2.62. The van der Waals surface area contributed by atoms with E-state index in [4.69, 9.17) is 0 Å². The Kier molecular flexibility index (Phi) is 8.07. The quantitative estimate of drug-likeness (QED) is 0.704. The molecule has 112 valence electrons. The van der Waals surface area contributed by atoms with Crippen LogP contribution in [0.3, 0.4) is 0 Å². The molecule has 1 fully saturated rings. The van der Waals surface area contributed by atoms with Crippen molar-refractivity contribution in [3.8, 4) is 0 Å². The minimum atomic E-state index is 0.173. The number of nitrogens with one attached hydrogen (secondary N) is 2. The van der Waals surface area contributed by atoms with Gasteiger partial charge in [-0.15, -0.1) is 0 Å². The Labute approximate surface area is 118 Å². The Balaban J connectivity index is 2.35. The highest BCUT2D eigenvalue weighted by Gasteiger charge is 2.18. The summed E-state index contributed by atoms with van der Waals surface area (Å²) in [5.74, 6) is 0.878. The van der Waals surface area contributed by atoms with Crippen LogP contribution in [0.4, 0.5) is 0 Å². The average Bonchev–Trinajstić information content (AvgIpc) is 2.39. The Hall–Kier alpha value is -0.610. The van der Waals surface area contributed by atoms with E-state index < -0.39 is 0 Å². The molecular formula is C15H31N3O. The van der Waals surface area contributed by atoms with Crippen molar-refractivity contribution in [2.24, 2.45) is 5.92 Å². The van der Waals surface area contributed by atoms with Crippen molar-refractivity contribution in [1.82, 2.24) is 15.5 Å². The van der Waals surface area contributed by atoms with Crippen LogP contribution in [0.25, 0.3) is 0 Å². The maximum absolute atomic E-state index is 12.0. The molecule has 4 nitrogen and oxygen atoms in total. The van der Waals surface area contributed by atoms with Crippen molar-refractivity contribution >= 4 is 5.91 Å². The van der Waals surface area contributed by atoms with Crippen LogP contribution in [0.15, 0.2) is 0 Å². The molecule has 0 aliphatic carbocycles. The first kappa shape index (κ1) is 16.4. The Bertz CT molecular complexity index is 252. The third-order valence-corrected chi connectivity index (χ3v) is 3.84.